The van der Waals surface area contributed by atoms with Crippen LogP contribution >= 0.6 is 0 Å². The molecule has 1 fully saturated rings. The van der Waals surface area contributed by atoms with Crippen molar-refractivity contribution in [2.45, 2.75) is 52.2 Å². The van der Waals surface area contributed by atoms with Gasteiger partial charge in [0.25, 0.3) is 0 Å². The maximum atomic E-state index is 15.5. The lowest BCUT2D eigenvalue weighted by atomic mass is 9.93. The highest BCUT2D eigenvalue weighted by molar-refractivity contribution is 5.86. The number of pyridine rings is 1. The summed E-state index contributed by atoms with van der Waals surface area (Å²) in [5.74, 6) is -0.0678. The number of carbonyl (C=O) groups is 2. The predicted octanol–water partition coefficient (Wildman–Crippen LogP) is 4.36. The van der Waals surface area contributed by atoms with Crippen molar-refractivity contribution < 1.29 is 18.7 Å². The van der Waals surface area contributed by atoms with Crippen LogP contribution in [0.4, 0.5) is 19.7 Å². The molecule has 1 aliphatic rings. The summed E-state index contributed by atoms with van der Waals surface area (Å²) in [7, 11) is 0. The molecule has 7 nitrogen and oxygen atoms in total. The van der Waals surface area contributed by atoms with Gasteiger partial charge in [-0.15, -0.1) is 0 Å². The van der Waals surface area contributed by atoms with Crippen LogP contribution in [-0.2, 0) is 17.7 Å². The van der Waals surface area contributed by atoms with Gasteiger partial charge in [-0.2, -0.15) is 0 Å². The number of hydrogen-bond acceptors (Lipinski definition) is 4. The molecule has 0 saturated heterocycles. The minimum atomic E-state index is -0.709. The number of hydrogen-bond donors (Lipinski definition) is 3. The predicted molar refractivity (Wildman–Crippen MR) is 112 cm³/mol. The van der Waals surface area contributed by atoms with E-state index in [0.29, 0.717) is 34.7 Å². The molecule has 0 atom stereocenters. The van der Waals surface area contributed by atoms with E-state index in [-0.39, 0.29) is 12.2 Å². The van der Waals surface area contributed by atoms with Gasteiger partial charge in [0.05, 0.1) is 17.9 Å². The van der Waals surface area contributed by atoms with Gasteiger partial charge in [-0.3, -0.25) is 10.3 Å². The van der Waals surface area contributed by atoms with Crippen LogP contribution in [0.1, 0.15) is 44.9 Å². The van der Waals surface area contributed by atoms with Crippen LogP contribution in [0.5, 0.6) is 0 Å². The highest BCUT2D eigenvalue weighted by Crippen LogP contribution is 2.39. The summed E-state index contributed by atoms with van der Waals surface area (Å²) >= 11 is 0. The lowest BCUT2D eigenvalue weighted by molar-refractivity contribution is 0.0635. The number of anilines is 1. The van der Waals surface area contributed by atoms with Crippen molar-refractivity contribution in [2.24, 2.45) is 11.7 Å². The zero-order valence-electron chi connectivity index (χ0n) is 17.4. The summed E-state index contributed by atoms with van der Waals surface area (Å²) in [6, 6.07) is 6.21. The van der Waals surface area contributed by atoms with Gasteiger partial charge in [0.2, 0.25) is 0 Å². The van der Waals surface area contributed by atoms with E-state index in [1.54, 1.807) is 39.1 Å². The summed E-state index contributed by atoms with van der Waals surface area (Å²) in [6.07, 6.45) is 3.55. The van der Waals surface area contributed by atoms with Crippen LogP contribution in [0, 0.1) is 11.7 Å². The number of aromatic nitrogens is 1. The van der Waals surface area contributed by atoms with E-state index in [2.05, 4.69) is 15.6 Å². The van der Waals surface area contributed by atoms with Gasteiger partial charge in [-0.1, -0.05) is 12.1 Å². The molecule has 160 valence electrons. The fourth-order valence-electron chi connectivity index (χ4n) is 3.19. The minimum absolute atomic E-state index is 0.0735. The largest absolute Gasteiger partial charge is 0.444 e. The van der Waals surface area contributed by atoms with Gasteiger partial charge < -0.3 is 15.8 Å². The number of rotatable bonds is 6. The van der Waals surface area contributed by atoms with Crippen molar-refractivity contribution in [2.75, 3.05) is 5.32 Å². The number of nitrogens with two attached hydrogens (primary N) is 1. The van der Waals surface area contributed by atoms with Gasteiger partial charge in [0, 0.05) is 11.8 Å². The number of nitrogens with one attached hydrogen (secondary N) is 2. The number of ether oxygens (including phenoxy) is 1. The second kappa shape index (κ2) is 8.69. The van der Waals surface area contributed by atoms with Crippen LogP contribution in [0.3, 0.4) is 0 Å². The summed E-state index contributed by atoms with van der Waals surface area (Å²) in [5, 5.41) is 5.04. The Kier molecular flexibility index (Phi) is 6.24. The summed E-state index contributed by atoms with van der Waals surface area (Å²) in [5.41, 5.74) is 7.06. The molecule has 1 aliphatic carbocycles. The number of benzene rings is 1. The fourth-order valence-corrected chi connectivity index (χ4v) is 3.19. The van der Waals surface area contributed by atoms with Gasteiger partial charge in [-0.05, 0) is 69.2 Å². The van der Waals surface area contributed by atoms with Crippen molar-refractivity contribution in [3.05, 3.63) is 47.5 Å². The Bertz CT molecular complexity index is 952. The molecule has 3 amide bonds. The molecule has 8 heteroatoms. The first-order chi connectivity index (χ1) is 14.1. The highest BCUT2D eigenvalue weighted by Gasteiger charge is 2.27. The van der Waals surface area contributed by atoms with E-state index < -0.39 is 23.5 Å². The lowest BCUT2D eigenvalue weighted by Crippen LogP contribution is -2.29. The molecule has 3 rings (SSSR count). The van der Waals surface area contributed by atoms with E-state index >= 15 is 4.39 Å². The Morgan fingerprint density at radius 2 is 1.97 bits per heavy atom. The molecule has 0 unspecified atom stereocenters. The number of primary amides is 1. The summed E-state index contributed by atoms with van der Waals surface area (Å²) in [6.45, 7) is 5.37. The minimum Gasteiger partial charge on any atom is -0.444 e. The second-order valence-electron chi connectivity index (χ2n) is 8.44. The van der Waals surface area contributed by atoms with Gasteiger partial charge in [-0.25, -0.2) is 14.0 Å². The van der Waals surface area contributed by atoms with Crippen molar-refractivity contribution in [3.8, 4) is 11.1 Å². The number of urea groups is 1. The molecule has 0 aliphatic heterocycles. The molecule has 1 aromatic heterocycles. The zero-order chi connectivity index (χ0) is 21.9. The monoisotopic (exact) mass is 414 g/mol. The topological polar surface area (TPSA) is 106 Å². The third-order valence-corrected chi connectivity index (χ3v) is 4.68. The molecule has 1 heterocycles. The second-order valence-corrected chi connectivity index (χ2v) is 8.44. The molecule has 1 saturated carbocycles. The standard InChI is InChI=1S/C22H27FN4O3/c1-22(2,3)30-21(29)27-17-9-8-14(16(19(17)23)11-13-6-7-13)15-5-4-10-25-18(15)12-26-20(24)28/h4-5,8-10,13H,6-7,11-12H2,1-3H3,(H,27,29)(H3,24,26,28). The van der Waals surface area contributed by atoms with E-state index in [1.165, 1.54) is 6.07 Å². The first kappa shape index (κ1) is 21.5. The van der Waals surface area contributed by atoms with Crippen molar-refractivity contribution in [1.82, 2.24) is 10.3 Å². The Labute approximate surface area is 175 Å². The molecule has 0 spiro atoms. The number of carbonyl (C=O) groups excluding carboxylic acids is 2. The average Bonchev–Trinajstić information content (AvgIpc) is 3.46. The average molecular weight is 414 g/mol. The highest BCUT2D eigenvalue weighted by atomic mass is 19.1. The first-order valence-corrected chi connectivity index (χ1v) is 9.93. The molecule has 30 heavy (non-hydrogen) atoms. The van der Waals surface area contributed by atoms with Crippen molar-refractivity contribution >= 4 is 17.8 Å². The molecule has 2 aromatic rings. The molecule has 0 bridgehead atoms. The van der Waals surface area contributed by atoms with E-state index in [4.69, 9.17) is 10.5 Å². The third kappa shape index (κ3) is 5.68. The van der Waals surface area contributed by atoms with E-state index in [9.17, 15) is 9.59 Å². The molecule has 0 radical (unpaired) electrons. The molecular weight excluding hydrogens is 387 g/mol. The summed E-state index contributed by atoms with van der Waals surface area (Å²) in [4.78, 5) is 27.6. The van der Waals surface area contributed by atoms with E-state index in [1.807, 2.05) is 6.07 Å². The fraction of sp³-hybridized carbons (Fsp3) is 0.409. The Hall–Kier alpha value is -3.16. The number of halogens is 1. The first-order valence-electron chi connectivity index (χ1n) is 9.93. The van der Waals surface area contributed by atoms with Crippen LogP contribution in [0.2, 0.25) is 0 Å². The normalized spacial score (nSPS) is 13.6. The molecular formula is C22H27FN4O3. The molecule has 4 N–H and O–H groups in total. The Balaban J connectivity index is 1.97. The van der Waals surface area contributed by atoms with Gasteiger partial charge >= 0.3 is 12.1 Å². The van der Waals surface area contributed by atoms with Crippen LogP contribution in [-0.4, -0.2) is 22.7 Å². The SMILES string of the molecule is CC(C)(C)OC(=O)Nc1ccc(-c2cccnc2CNC(N)=O)c(CC2CC2)c1F. The Morgan fingerprint density at radius 3 is 2.60 bits per heavy atom. The van der Waals surface area contributed by atoms with E-state index in [0.717, 1.165) is 12.8 Å². The zero-order valence-corrected chi connectivity index (χ0v) is 17.4. The maximum Gasteiger partial charge on any atom is 0.412 e. The number of nitrogens with zero attached hydrogens (tertiary/aromatic N) is 1. The van der Waals surface area contributed by atoms with Crippen LogP contribution < -0.4 is 16.4 Å². The van der Waals surface area contributed by atoms with Gasteiger partial charge in [0.15, 0.2) is 5.82 Å². The Morgan fingerprint density at radius 1 is 1.23 bits per heavy atom. The van der Waals surface area contributed by atoms with Gasteiger partial charge in [0.1, 0.15) is 5.60 Å². The van der Waals surface area contributed by atoms with Crippen molar-refractivity contribution in [3.63, 3.8) is 0 Å². The maximum absolute atomic E-state index is 15.5. The van der Waals surface area contributed by atoms with Crippen LogP contribution in [0.25, 0.3) is 11.1 Å². The smallest absolute Gasteiger partial charge is 0.412 e. The quantitative estimate of drug-likeness (QED) is 0.653. The summed E-state index contributed by atoms with van der Waals surface area (Å²) < 4.78 is 20.7. The van der Waals surface area contributed by atoms with Crippen LogP contribution in [0.15, 0.2) is 30.5 Å². The number of amides is 3. The lowest BCUT2D eigenvalue weighted by Gasteiger charge is -2.21. The van der Waals surface area contributed by atoms with Crippen molar-refractivity contribution in [1.29, 1.82) is 0 Å². The third-order valence-electron chi connectivity index (χ3n) is 4.68. The molecule has 1 aromatic carbocycles.